The Morgan fingerprint density at radius 3 is 2.74 bits per heavy atom. The summed E-state index contributed by atoms with van der Waals surface area (Å²) in [7, 11) is 0. The van der Waals surface area contributed by atoms with Crippen molar-refractivity contribution in [3.63, 3.8) is 0 Å². The Bertz CT molecular complexity index is 1320. The summed E-state index contributed by atoms with van der Waals surface area (Å²) in [6, 6.07) is 9.14. The molecule has 5 nitrogen and oxygen atoms in total. The Balaban J connectivity index is 1.38. The zero-order valence-corrected chi connectivity index (χ0v) is 17.2. The van der Waals surface area contributed by atoms with Crippen LogP contribution in [0.4, 0.5) is 10.2 Å². The SMILES string of the molecule is Cc1cc(-c2ccc(CNc3nccn4c(C5=CCCC=C5)cnc34)c(F)c2)ccn1. The van der Waals surface area contributed by atoms with E-state index in [1.54, 1.807) is 18.5 Å². The summed E-state index contributed by atoms with van der Waals surface area (Å²) in [4.78, 5) is 13.2. The molecule has 0 aliphatic heterocycles. The fourth-order valence-corrected chi connectivity index (χ4v) is 3.84. The number of pyridine rings is 1. The van der Waals surface area contributed by atoms with Gasteiger partial charge in [0.1, 0.15) is 5.82 Å². The van der Waals surface area contributed by atoms with Gasteiger partial charge < -0.3 is 5.32 Å². The molecule has 154 valence electrons. The molecule has 3 heterocycles. The summed E-state index contributed by atoms with van der Waals surface area (Å²) in [6.07, 6.45) is 15.9. The van der Waals surface area contributed by atoms with E-state index in [0.29, 0.717) is 17.9 Å². The number of hydrogen-bond acceptors (Lipinski definition) is 4. The molecule has 6 heteroatoms. The molecule has 3 aromatic heterocycles. The van der Waals surface area contributed by atoms with Crippen LogP contribution in [0.2, 0.25) is 0 Å². The van der Waals surface area contributed by atoms with Crippen LogP contribution in [0.15, 0.2) is 73.3 Å². The number of imidazole rings is 1. The lowest BCUT2D eigenvalue weighted by molar-refractivity contribution is 0.613. The molecule has 0 spiro atoms. The summed E-state index contributed by atoms with van der Waals surface area (Å²) in [5.74, 6) is 0.371. The first-order chi connectivity index (χ1) is 15.2. The Morgan fingerprint density at radius 1 is 1.03 bits per heavy atom. The van der Waals surface area contributed by atoms with Gasteiger partial charge in [0.15, 0.2) is 11.5 Å². The van der Waals surface area contributed by atoms with Crippen molar-refractivity contribution in [2.24, 2.45) is 0 Å². The molecule has 0 amide bonds. The first-order valence-electron chi connectivity index (χ1n) is 10.3. The van der Waals surface area contributed by atoms with Crippen LogP contribution in [0, 0.1) is 12.7 Å². The minimum Gasteiger partial charge on any atom is -0.363 e. The molecule has 0 saturated heterocycles. The average molecular weight is 411 g/mol. The maximum atomic E-state index is 14.8. The van der Waals surface area contributed by atoms with Gasteiger partial charge >= 0.3 is 0 Å². The number of nitrogens with zero attached hydrogens (tertiary/aromatic N) is 4. The third-order valence-electron chi connectivity index (χ3n) is 5.45. The predicted octanol–water partition coefficient (Wildman–Crippen LogP) is 5.58. The number of halogens is 1. The zero-order chi connectivity index (χ0) is 21.2. The van der Waals surface area contributed by atoms with E-state index in [0.717, 1.165) is 46.6 Å². The van der Waals surface area contributed by atoms with Crippen LogP contribution in [-0.4, -0.2) is 19.4 Å². The van der Waals surface area contributed by atoms with Crippen molar-refractivity contribution in [3.05, 3.63) is 96.1 Å². The predicted molar refractivity (Wildman–Crippen MR) is 121 cm³/mol. The highest BCUT2D eigenvalue weighted by Crippen LogP contribution is 2.25. The van der Waals surface area contributed by atoms with Gasteiger partial charge in [0.2, 0.25) is 0 Å². The van der Waals surface area contributed by atoms with Gasteiger partial charge in [-0.05, 0) is 54.7 Å². The minimum absolute atomic E-state index is 0.257. The van der Waals surface area contributed by atoms with E-state index in [2.05, 4.69) is 38.5 Å². The second-order valence-electron chi connectivity index (χ2n) is 7.60. The highest BCUT2D eigenvalue weighted by Gasteiger charge is 2.13. The van der Waals surface area contributed by atoms with Crippen LogP contribution in [0.1, 0.15) is 29.8 Å². The lowest BCUT2D eigenvalue weighted by atomic mass is 10.0. The van der Waals surface area contributed by atoms with Gasteiger partial charge in [-0.15, -0.1) is 0 Å². The maximum Gasteiger partial charge on any atom is 0.180 e. The molecular weight excluding hydrogens is 389 g/mol. The summed E-state index contributed by atoms with van der Waals surface area (Å²) < 4.78 is 16.8. The van der Waals surface area contributed by atoms with Crippen LogP contribution < -0.4 is 5.32 Å². The van der Waals surface area contributed by atoms with Crippen molar-refractivity contribution in [1.82, 2.24) is 19.4 Å². The van der Waals surface area contributed by atoms with Gasteiger partial charge in [0, 0.05) is 36.4 Å². The molecule has 31 heavy (non-hydrogen) atoms. The van der Waals surface area contributed by atoms with Gasteiger partial charge in [0.05, 0.1) is 11.9 Å². The van der Waals surface area contributed by atoms with Crippen LogP contribution in [0.25, 0.3) is 22.3 Å². The number of allylic oxidation sites excluding steroid dienone is 4. The first kappa shape index (κ1) is 19.2. The Labute approximate surface area is 180 Å². The number of nitrogens with one attached hydrogen (secondary N) is 1. The van der Waals surface area contributed by atoms with E-state index in [9.17, 15) is 4.39 Å². The fourth-order valence-electron chi connectivity index (χ4n) is 3.84. The van der Waals surface area contributed by atoms with Crippen molar-refractivity contribution in [3.8, 4) is 11.1 Å². The number of aryl methyl sites for hydroxylation is 1. The van der Waals surface area contributed by atoms with Crippen molar-refractivity contribution < 1.29 is 4.39 Å². The standard InChI is InChI=1S/C25H22FN5/c1-17-13-20(9-10-27-17)19-7-8-21(22(26)14-19)15-29-24-25-30-16-23(31(25)12-11-28-24)18-5-3-2-4-6-18/h3,5-14,16H,2,4,15H2,1H3,(H,28,29). The van der Waals surface area contributed by atoms with Crippen molar-refractivity contribution >= 4 is 17.0 Å². The normalized spacial score (nSPS) is 13.4. The van der Waals surface area contributed by atoms with Crippen LogP contribution in [0.5, 0.6) is 0 Å². The van der Waals surface area contributed by atoms with Crippen molar-refractivity contribution in [2.75, 3.05) is 5.32 Å². The van der Waals surface area contributed by atoms with Gasteiger partial charge in [-0.25, -0.2) is 14.4 Å². The van der Waals surface area contributed by atoms with E-state index in [-0.39, 0.29) is 5.82 Å². The van der Waals surface area contributed by atoms with E-state index >= 15 is 0 Å². The van der Waals surface area contributed by atoms with Gasteiger partial charge in [-0.2, -0.15) is 0 Å². The monoisotopic (exact) mass is 411 g/mol. The number of hydrogen-bond donors (Lipinski definition) is 1. The fraction of sp³-hybridized carbons (Fsp3) is 0.160. The van der Waals surface area contributed by atoms with E-state index in [4.69, 9.17) is 0 Å². The second kappa shape index (κ2) is 8.14. The molecule has 0 radical (unpaired) electrons. The molecule has 0 fully saturated rings. The Morgan fingerprint density at radius 2 is 1.94 bits per heavy atom. The lowest BCUT2D eigenvalue weighted by Gasteiger charge is -2.11. The highest BCUT2D eigenvalue weighted by molar-refractivity contribution is 5.76. The number of rotatable bonds is 5. The summed E-state index contributed by atoms with van der Waals surface area (Å²) in [6.45, 7) is 2.24. The molecule has 1 aliphatic carbocycles. The largest absolute Gasteiger partial charge is 0.363 e. The topological polar surface area (TPSA) is 55.1 Å². The Kier molecular flexibility index (Phi) is 5.04. The molecule has 1 N–H and O–H groups in total. The van der Waals surface area contributed by atoms with Gasteiger partial charge in [0.25, 0.3) is 0 Å². The van der Waals surface area contributed by atoms with Crippen LogP contribution in [-0.2, 0) is 6.54 Å². The van der Waals surface area contributed by atoms with E-state index < -0.39 is 0 Å². The van der Waals surface area contributed by atoms with E-state index in [1.807, 2.05) is 48.0 Å². The van der Waals surface area contributed by atoms with Gasteiger partial charge in [-0.1, -0.05) is 30.4 Å². The van der Waals surface area contributed by atoms with E-state index in [1.165, 1.54) is 0 Å². The molecule has 5 rings (SSSR count). The molecule has 0 bridgehead atoms. The molecule has 0 unspecified atom stereocenters. The first-order valence-corrected chi connectivity index (χ1v) is 10.3. The third kappa shape index (κ3) is 3.84. The second-order valence-corrected chi connectivity index (χ2v) is 7.60. The number of fused-ring (bicyclic) bond motifs is 1. The Hall–Kier alpha value is -3.80. The van der Waals surface area contributed by atoms with Crippen molar-refractivity contribution in [2.45, 2.75) is 26.3 Å². The van der Waals surface area contributed by atoms with Crippen LogP contribution in [0.3, 0.4) is 0 Å². The number of aromatic nitrogens is 4. The van der Waals surface area contributed by atoms with Gasteiger partial charge in [-0.3, -0.25) is 9.38 Å². The quantitative estimate of drug-likeness (QED) is 0.465. The molecule has 0 saturated carbocycles. The molecule has 1 aromatic carbocycles. The summed E-state index contributed by atoms with van der Waals surface area (Å²) in [5.41, 5.74) is 6.17. The molecule has 1 aliphatic rings. The number of anilines is 1. The third-order valence-corrected chi connectivity index (χ3v) is 5.45. The molecule has 4 aromatic rings. The summed E-state index contributed by atoms with van der Waals surface area (Å²) in [5, 5.41) is 3.25. The number of benzene rings is 1. The maximum absolute atomic E-state index is 14.8. The van der Waals surface area contributed by atoms with Crippen LogP contribution >= 0.6 is 0 Å². The van der Waals surface area contributed by atoms with Crippen molar-refractivity contribution in [1.29, 1.82) is 0 Å². The smallest absolute Gasteiger partial charge is 0.180 e. The molecule has 0 atom stereocenters. The average Bonchev–Trinajstić information content (AvgIpc) is 3.24. The molecular formula is C25H22FN5. The minimum atomic E-state index is -0.257. The summed E-state index contributed by atoms with van der Waals surface area (Å²) >= 11 is 0. The lowest BCUT2D eigenvalue weighted by Crippen LogP contribution is -2.06. The zero-order valence-electron chi connectivity index (χ0n) is 17.2. The highest BCUT2D eigenvalue weighted by atomic mass is 19.1.